The van der Waals surface area contributed by atoms with E-state index in [9.17, 15) is 0 Å². The van der Waals surface area contributed by atoms with Crippen LogP contribution in [0.25, 0.3) is 17.2 Å². The number of hydrogen-bond acceptors (Lipinski definition) is 4. The highest BCUT2D eigenvalue weighted by atomic mass is 16.5. The third kappa shape index (κ3) is 2.40. The second-order valence-corrected chi connectivity index (χ2v) is 4.76. The van der Waals surface area contributed by atoms with Gasteiger partial charge >= 0.3 is 0 Å². The van der Waals surface area contributed by atoms with E-state index < -0.39 is 0 Å². The van der Waals surface area contributed by atoms with Gasteiger partial charge in [-0.2, -0.15) is 5.10 Å². The summed E-state index contributed by atoms with van der Waals surface area (Å²) in [5, 5.41) is 12.7. The molecular weight excluding hydrogens is 266 g/mol. The molecule has 0 bridgehead atoms. The van der Waals surface area contributed by atoms with E-state index in [4.69, 9.17) is 4.74 Å². The Morgan fingerprint density at radius 2 is 2.10 bits per heavy atom. The fourth-order valence-electron chi connectivity index (χ4n) is 2.23. The molecule has 6 nitrogen and oxygen atoms in total. The Morgan fingerprint density at radius 1 is 1.24 bits per heavy atom. The third-order valence-electron chi connectivity index (χ3n) is 3.34. The molecule has 2 heterocycles. The van der Waals surface area contributed by atoms with Crippen molar-refractivity contribution in [1.29, 1.82) is 0 Å². The average molecular weight is 283 g/mol. The molecule has 0 atom stereocenters. The fourth-order valence-corrected chi connectivity index (χ4v) is 2.23. The van der Waals surface area contributed by atoms with E-state index in [0.717, 1.165) is 29.2 Å². The largest absolute Gasteiger partial charge is 0.495 e. The summed E-state index contributed by atoms with van der Waals surface area (Å²) in [4.78, 5) is 0. The Hall–Kier alpha value is -2.63. The van der Waals surface area contributed by atoms with Gasteiger partial charge in [-0.25, -0.2) is 0 Å². The van der Waals surface area contributed by atoms with Gasteiger partial charge in [-0.1, -0.05) is 6.07 Å². The quantitative estimate of drug-likeness (QED) is 0.738. The van der Waals surface area contributed by atoms with Crippen LogP contribution in [0.1, 0.15) is 12.5 Å². The number of nitrogens with zero attached hydrogens (tertiary/aromatic N) is 5. The first-order chi connectivity index (χ1) is 10.2. The van der Waals surface area contributed by atoms with E-state index >= 15 is 0 Å². The lowest BCUT2D eigenvalue weighted by atomic mass is 10.2. The molecule has 0 saturated heterocycles. The van der Waals surface area contributed by atoms with Crippen molar-refractivity contribution in [2.75, 3.05) is 7.11 Å². The zero-order valence-electron chi connectivity index (χ0n) is 12.3. The fraction of sp³-hybridized carbons (Fsp3) is 0.267. The Morgan fingerprint density at radius 3 is 2.81 bits per heavy atom. The maximum absolute atomic E-state index is 5.44. The van der Waals surface area contributed by atoms with Gasteiger partial charge in [0.2, 0.25) is 0 Å². The number of benzene rings is 1. The van der Waals surface area contributed by atoms with Crippen molar-refractivity contribution < 1.29 is 4.74 Å². The summed E-state index contributed by atoms with van der Waals surface area (Å²) in [7, 11) is 1.66. The van der Waals surface area contributed by atoms with E-state index in [1.54, 1.807) is 13.4 Å². The van der Waals surface area contributed by atoms with Crippen molar-refractivity contribution in [3.63, 3.8) is 0 Å². The normalized spacial score (nSPS) is 10.8. The Bertz CT molecular complexity index is 759. The van der Waals surface area contributed by atoms with Crippen molar-refractivity contribution >= 4 is 0 Å². The summed E-state index contributed by atoms with van der Waals surface area (Å²) in [6.45, 7) is 4.91. The van der Waals surface area contributed by atoms with Crippen LogP contribution >= 0.6 is 0 Å². The maximum Gasteiger partial charge on any atom is 0.189 e. The van der Waals surface area contributed by atoms with Crippen LogP contribution in [0.2, 0.25) is 0 Å². The van der Waals surface area contributed by atoms with Gasteiger partial charge in [0.25, 0.3) is 0 Å². The molecule has 21 heavy (non-hydrogen) atoms. The second kappa shape index (κ2) is 5.40. The molecule has 0 aliphatic carbocycles. The van der Waals surface area contributed by atoms with Gasteiger partial charge in [0.05, 0.1) is 12.8 Å². The lowest BCUT2D eigenvalue weighted by molar-refractivity contribution is 0.413. The average Bonchev–Trinajstić information content (AvgIpc) is 3.15. The monoisotopic (exact) mass is 283 g/mol. The van der Waals surface area contributed by atoms with Crippen LogP contribution in [-0.4, -0.2) is 31.7 Å². The Kier molecular flexibility index (Phi) is 3.43. The first-order valence-corrected chi connectivity index (χ1v) is 6.81. The smallest absolute Gasteiger partial charge is 0.189 e. The van der Waals surface area contributed by atoms with Crippen LogP contribution in [0, 0.1) is 6.92 Å². The summed E-state index contributed by atoms with van der Waals surface area (Å²) >= 11 is 0. The summed E-state index contributed by atoms with van der Waals surface area (Å²) < 4.78 is 9.20. The summed E-state index contributed by atoms with van der Waals surface area (Å²) in [6.07, 6.45) is 3.61. The Balaban J connectivity index is 2.13. The zero-order chi connectivity index (χ0) is 14.8. The SMILES string of the molecule is CCn1ccc(-c2nncn2-c2cc(C)ccc2OC)n1. The van der Waals surface area contributed by atoms with Gasteiger partial charge in [-0.3, -0.25) is 9.25 Å². The molecule has 0 saturated carbocycles. The number of hydrogen-bond donors (Lipinski definition) is 0. The highest BCUT2D eigenvalue weighted by molar-refractivity contribution is 5.57. The topological polar surface area (TPSA) is 57.8 Å². The first-order valence-electron chi connectivity index (χ1n) is 6.81. The molecular formula is C15H17N5O. The molecule has 0 aliphatic rings. The molecule has 0 spiro atoms. The molecule has 0 fully saturated rings. The molecule has 0 aliphatic heterocycles. The van der Waals surface area contributed by atoms with Crippen LogP contribution in [0.3, 0.4) is 0 Å². The molecule has 0 radical (unpaired) electrons. The van der Waals surface area contributed by atoms with Crippen molar-refractivity contribution in [1.82, 2.24) is 24.5 Å². The van der Waals surface area contributed by atoms with E-state index in [0.29, 0.717) is 5.82 Å². The number of rotatable bonds is 4. The molecule has 0 N–H and O–H groups in total. The van der Waals surface area contributed by atoms with E-state index in [1.165, 1.54) is 0 Å². The second-order valence-electron chi connectivity index (χ2n) is 4.76. The van der Waals surface area contributed by atoms with Gasteiger partial charge < -0.3 is 4.74 Å². The van der Waals surface area contributed by atoms with Gasteiger partial charge in [0, 0.05) is 12.7 Å². The highest BCUT2D eigenvalue weighted by Crippen LogP contribution is 2.27. The van der Waals surface area contributed by atoms with Gasteiger partial charge in [0.15, 0.2) is 5.82 Å². The summed E-state index contributed by atoms with van der Waals surface area (Å²) in [5.41, 5.74) is 2.84. The van der Waals surface area contributed by atoms with Crippen molar-refractivity contribution in [3.8, 4) is 23.0 Å². The lowest BCUT2D eigenvalue weighted by Crippen LogP contribution is -2.01. The Labute approximate surface area is 123 Å². The van der Waals surface area contributed by atoms with Crippen molar-refractivity contribution in [2.24, 2.45) is 0 Å². The summed E-state index contributed by atoms with van der Waals surface area (Å²) in [6, 6.07) is 7.94. The van der Waals surface area contributed by atoms with Gasteiger partial charge in [-0.15, -0.1) is 10.2 Å². The molecule has 3 aromatic rings. The molecule has 3 rings (SSSR count). The standard InChI is InChI=1S/C15H17N5O/c1-4-19-8-7-12(18-19)15-17-16-10-20(15)13-9-11(2)5-6-14(13)21-3/h5-10H,4H2,1-3H3. The van der Waals surface area contributed by atoms with Crippen molar-refractivity contribution in [2.45, 2.75) is 20.4 Å². The van der Waals surface area contributed by atoms with Crippen LogP contribution in [0.5, 0.6) is 5.75 Å². The first kappa shape index (κ1) is 13.4. The van der Waals surface area contributed by atoms with E-state index in [1.807, 2.05) is 53.6 Å². The number of aryl methyl sites for hydroxylation is 2. The number of methoxy groups -OCH3 is 1. The van der Waals surface area contributed by atoms with Crippen LogP contribution in [0.15, 0.2) is 36.8 Å². The predicted molar refractivity (Wildman–Crippen MR) is 79.5 cm³/mol. The third-order valence-corrected chi connectivity index (χ3v) is 3.34. The maximum atomic E-state index is 5.44. The van der Waals surface area contributed by atoms with Gasteiger partial charge in [-0.05, 0) is 37.6 Å². The molecule has 108 valence electrons. The zero-order valence-corrected chi connectivity index (χ0v) is 12.3. The minimum Gasteiger partial charge on any atom is -0.495 e. The molecule has 1 aromatic carbocycles. The highest BCUT2D eigenvalue weighted by Gasteiger charge is 2.15. The molecule has 6 heteroatoms. The summed E-state index contributed by atoms with van der Waals surface area (Å²) in [5.74, 6) is 1.47. The van der Waals surface area contributed by atoms with Gasteiger partial charge in [0.1, 0.15) is 17.8 Å². The lowest BCUT2D eigenvalue weighted by Gasteiger charge is -2.11. The van der Waals surface area contributed by atoms with Crippen LogP contribution in [0.4, 0.5) is 0 Å². The number of aromatic nitrogens is 5. The van der Waals surface area contributed by atoms with Crippen LogP contribution in [-0.2, 0) is 6.54 Å². The molecule has 0 unspecified atom stereocenters. The number of ether oxygens (including phenoxy) is 1. The van der Waals surface area contributed by atoms with Crippen LogP contribution < -0.4 is 4.74 Å². The van der Waals surface area contributed by atoms with E-state index in [-0.39, 0.29) is 0 Å². The minimum absolute atomic E-state index is 0.700. The molecule has 2 aromatic heterocycles. The minimum atomic E-state index is 0.700. The van der Waals surface area contributed by atoms with E-state index in [2.05, 4.69) is 15.3 Å². The molecule has 0 amide bonds. The predicted octanol–water partition coefficient (Wildman–Crippen LogP) is 2.47. The van der Waals surface area contributed by atoms with Crippen molar-refractivity contribution in [3.05, 3.63) is 42.4 Å².